The molecule has 4 nitrogen and oxygen atoms in total. The van der Waals surface area contributed by atoms with Crippen LogP contribution in [0, 0.1) is 12.3 Å². The van der Waals surface area contributed by atoms with Gasteiger partial charge in [0, 0.05) is 24.0 Å². The fourth-order valence-electron chi connectivity index (χ4n) is 1.53. The van der Waals surface area contributed by atoms with Crippen molar-refractivity contribution in [1.82, 2.24) is 4.72 Å². The van der Waals surface area contributed by atoms with E-state index in [9.17, 15) is 8.42 Å². The van der Waals surface area contributed by atoms with Crippen LogP contribution in [0.4, 0.5) is 5.69 Å². The van der Waals surface area contributed by atoms with Crippen molar-refractivity contribution in [1.29, 1.82) is 0 Å². The van der Waals surface area contributed by atoms with E-state index in [-0.39, 0.29) is 10.9 Å². The van der Waals surface area contributed by atoms with Crippen LogP contribution in [0.15, 0.2) is 29.2 Å². The summed E-state index contributed by atoms with van der Waals surface area (Å²) in [4.78, 5) is 0.276. The molecule has 0 bridgehead atoms. The van der Waals surface area contributed by atoms with Gasteiger partial charge in [-0.3, -0.25) is 0 Å². The fraction of sp³-hybridized carbons (Fsp3) is 0.429. The van der Waals surface area contributed by atoms with Gasteiger partial charge in [-0.15, -0.1) is 18.2 Å². The maximum Gasteiger partial charge on any atom is 0.240 e. The van der Waals surface area contributed by atoms with Gasteiger partial charge in [-0.05, 0) is 38.1 Å². The number of sulfonamides is 1. The molecule has 1 rings (SSSR count). The molecule has 0 heterocycles. The minimum Gasteiger partial charge on any atom is -0.384 e. The summed E-state index contributed by atoms with van der Waals surface area (Å²) in [5, 5.41) is 3.22. The first-order valence-corrected chi connectivity index (χ1v) is 8.97. The summed E-state index contributed by atoms with van der Waals surface area (Å²) in [6.45, 7) is 4.38. The summed E-state index contributed by atoms with van der Waals surface area (Å²) in [5.41, 5.74) is 0.898. The van der Waals surface area contributed by atoms with E-state index in [1.165, 1.54) is 0 Å². The van der Waals surface area contributed by atoms with Crippen molar-refractivity contribution in [2.75, 3.05) is 23.4 Å². The van der Waals surface area contributed by atoms with Crippen LogP contribution in [0.25, 0.3) is 0 Å². The summed E-state index contributed by atoms with van der Waals surface area (Å²) >= 11 is 1.68. The molecule has 0 aliphatic heterocycles. The molecule has 0 amide bonds. The van der Waals surface area contributed by atoms with Crippen LogP contribution in [0.5, 0.6) is 0 Å². The topological polar surface area (TPSA) is 58.2 Å². The Hall–Kier alpha value is -1.16. The highest BCUT2D eigenvalue weighted by Gasteiger charge is 2.14. The molecule has 110 valence electrons. The number of thioether (sulfide) groups is 1. The SMILES string of the molecule is C#CCSCCNc1ccc(S(=O)(=O)NC(C)C)cc1. The molecule has 0 aliphatic carbocycles. The summed E-state index contributed by atoms with van der Waals surface area (Å²) in [7, 11) is -3.41. The highest BCUT2D eigenvalue weighted by molar-refractivity contribution is 7.99. The molecule has 0 aromatic heterocycles. The third-order valence-corrected chi connectivity index (χ3v) is 4.85. The van der Waals surface area contributed by atoms with Gasteiger partial charge in [0.15, 0.2) is 0 Å². The number of benzene rings is 1. The Labute approximate surface area is 125 Å². The van der Waals surface area contributed by atoms with Gasteiger partial charge in [-0.1, -0.05) is 5.92 Å². The Morgan fingerprint density at radius 1 is 1.30 bits per heavy atom. The van der Waals surface area contributed by atoms with Crippen LogP contribution in [0.2, 0.25) is 0 Å². The number of rotatable bonds is 8. The van der Waals surface area contributed by atoms with Crippen LogP contribution in [-0.4, -0.2) is 32.5 Å². The van der Waals surface area contributed by atoms with E-state index in [1.54, 1.807) is 49.9 Å². The molecule has 0 saturated heterocycles. The molecular formula is C14H20N2O2S2. The molecule has 0 spiro atoms. The van der Waals surface area contributed by atoms with Gasteiger partial charge in [-0.25, -0.2) is 13.1 Å². The normalized spacial score (nSPS) is 11.3. The first-order chi connectivity index (χ1) is 9.45. The zero-order chi connectivity index (χ0) is 15.0. The van der Waals surface area contributed by atoms with Gasteiger partial charge in [0.2, 0.25) is 10.0 Å². The molecule has 1 aromatic rings. The summed E-state index contributed by atoms with van der Waals surface area (Å²) in [6.07, 6.45) is 5.16. The molecule has 0 saturated carbocycles. The summed E-state index contributed by atoms with van der Waals surface area (Å²) in [5.74, 6) is 4.19. The number of anilines is 1. The molecule has 0 aliphatic rings. The maximum atomic E-state index is 11.9. The Morgan fingerprint density at radius 2 is 1.95 bits per heavy atom. The lowest BCUT2D eigenvalue weighted by Gasteiger charge is -2.10. The minimum absolute atomic E-state index is 0.119. The van der Waals surface area contributed by atoms with E-state index in [4.69, 9.17) is 6.42 Å². The minimum atomic E-state index is -3.41. The van der Waals surface area contributed by atoms with Crippen LogP contribution in [0.1, 0.15) is 13.8 Å². The molecular weight excluding hydrogens is 292 g/mol. The smallest absolute Gasteiger partial charge is 0.240 e. The van der Waals surface area contributed by atoms with Crippen molar-refractivity contribution in [2.45, 2.75) is 24.8 Å². The molecule has 6 heteroatoms. The molecule has 20 heavy (non-hydrogen) atoms. The second kappa shape index (κ2) is 8.20. The van der Waals surface area contributed by atoms with Crippen LogP contribution in [-0.2, 0) is 10.0 Å². The maximum absolute atomic E-state index is 11.9. The molecule has 2 N–H and O–H groups in total. The van der Waals surface area contributed by atoms with Crippen LogP contribution in [0.3, 0.4) is 0 Å². The molecule has 0 radical (unpaired) electrons. The quantitative estimate of drug-likeness (QED) is 0.570. The van der Waals surface area contributed by atoms with Gasteiger partial charge in [0.1, 0.15) is 0 Å². The molecule has 0 unspecified atom stereocenters. The average Bonchev–Trinajstić information content (AvgIpc) is 2.37. The Balaban J connectivity index is 2.54. The van der Waals surface area contributed by atoms with E-state index in [0.29, 0.717) is 5.75 Å². The monoisotopic (exact) mass is 312 g/mol. The zero-order valence-corrected chi connectivity index (χ0v) is 13.4. The predicted molar refractivity (Wildman–Crippen MR) is 86.5 cm³/mol. The Bertz CT molecular complexity index is 546. The number of hydrogen-bond acceptors (Lipinski definition) is 4. The second-order valence-corrected chi connectivity index (χ2v) is 7.30. The number of hydrogen-bond donors (Lipinski definition) is 2. The van der Waals surface area contributed by atoms with E-state index in [2.05, 4.69) is 16.0 Å². The first kappa shape index (κ1) is 16.9. The molecule has 0 fully saturated rings. The van der Waals surface area contributed by atoms with Crippen molar-refractivity contribution in [3.63, 3.8) is 0 Å². The lowest BCUT2D eigenvalue weighted by molar-refractivity contribution is 0.570. The highest BCUT2D eigenvalue weighted by Crippen LogP contribution is 2.14. The van der Waals surface area contributed by atoms with Crippen molar-refractivity contribution in [3.8, 4) is 12.3 Å². The molecule has 0 atom stereocenters. The van der Waals surface area contributed by atoms with Gasteiger partial charge in [0.05, 0.1) is 10.6 Å². The van der Waals surface area contributed by atoms with Crippen molar-refractivity contribution >= 4 is 27.5 Å². The van der Waals surface area contributed by atoms with Gasteiger partial charge in [0.25, 0.3) is 0 Å². The number of nitrogens with one attached hydrogen (secondary N) is 2. The Kier molecular flexibility index (Phi) is 6.93. The van der Waals surface area contributed by atoms with Gasteiger partial charge >= 0.3 is 0 Å². The van der Waals surface area contributed by atoms with Crippen molar-refractivity contribution in [2.24, 2.45) is 0 Å². The van der Waals surface area contributed by atoms with Crippen LogP contribution < -0.4 is 10.0 Å². The summed E-state index contributed by atoms with van der Waals surface area (Å²) in [6, 6.07) is 6.61. The third kappa shape index (κ3) is 5.87. The van der Waals surface area contributed by atoms with E-state index in [1.807, 2.05) is 0 Å². The summed E-state index contributed by atoms with van der Waals surface area (Å²) < 4.78 is 26.4. The standard InChI is InChI=1S/C14H20N2O2S2/c1-4-10-19-11-9-15-13-5-7-14(8-6-13)20(17,18)16-12(2)3/h1,5-8,12,15-16H,9-11H2,2-3H3. The fourth-order valence-corrected chi connectivity index (χ4v) is 3.29. The second-order valence-electron chi connectivity index (χ2n) is 4.48. The molecule has 1 aromatic carbocycles. The van der Waals surface area contributed by atoms with Gasteiger partial charge < -0.3 is 5.32 Å². The zero-order valence-electron chi connectivity index (χ0n) is 11.7. The average molecular weight is 312 g/mol. The first-order valence-electron chi connectivity index (χ1n) is 6.33. The van der Waals surface area contributed by atoms with Crippen molar-refractivity contribution < 1.29 is 8.42 Å². The predicted octanol–water partition coefficient (Wildman–Crippen LogP) is 2.15. The Morgan fingerprint density at radius 3 is 2.50 bits per heavy atom. The van der Waals surface area contributed by atoms with Crippen LogP contribution >= 0.6 is 11.8 Å². The largest absolute Gasteiger partial charge is 0.384 e. The van der Waals surface area contributed by atoms with Gasteiger partial charge in [-0.2, -0.15) is 0 Å². The highest BCUT2D eigenvalue weighted by atomic mass is 32.2. The van der Waals surface area contributed by atoms with E-state index >= 15 is 0 Å². The lowest BCUT2D eigenvalue weighted by atomic mass is 10.3. The van der Waals surface area contributed by atoms with E-state index < -0.39 is 10.0 Å². The van der Waals surface area contributed by atoms with Crippen molar-refractivity contribution in [3.05, 3.63) is 24.3 Å². The third-order valence-electron chi connectivity index (χ3n) is 2.32. The van der Waals surface area contributed by atoms with E-state index in [0.717, 1.165) is 18.0 Å². The lowest BCUT2D eigenvalue weighted by Crippen LogP contribution is -2.30. The number of terminal acetylenes is 1.